The number of para-hydroxylation sites is 1. The van der Waals surface area contributed by atoms with Gasteiger partial charge in [-0.2, -0.15) is 0 Å². The van der Waals surface area contributed by atoms with Crippen molar-refractivity contribution in [3.63, 3.8) is 0 Å². The van der Waals surface area contributed by atoms with Crippen LogP contribution >= 0.6 is 0 Å². The van der Waals surface area contributed by atoms with E-state index < -0.39 is 11.9 Å². The third kappa shape index (κ3) is 6.72. The molecule has 3 aromatic rings. The van der Waals surface area contributed by atoms with Gasteiger partial charge in [0.1, 0.15) is 6.04 Å². The molecule has 0 aliphatic heterocycles. The minimum absolute atomic E-state index is 0.0108. The lowest BCUT2D eigenvalue weighted by Gasteiger charge is -2.32. The lowest BCUT2D eigenvalue weighted by molar-refractivity contribution is -0.143. The van der Waals surface area contributed by atoms with Crippen LogP contribution in [0.4, 0.5) is 4.39 Å². The molecule has 1 aliphatic rings. The minimum Gasteiger partial charge on any atom is -0.481 e. The second-order valence-corrected chi connectivity index (χ2v) is 9.36. The molecule has 2 amide bonds. The fourth-order valence-corrected chi connectivity index (χ4v) is 4.68. The average molecular weight is 489 g/mol. The van der Waals surface area contributed by atoms with Crippen molar-refractivity contribution in [3.05, 3.63) is 101 Å². The summed E-state index contributed by atoms with van der Waals surface area (Å²) < 4.78 is 19.7. The van der Waals surface area contributed by atoms with E-state index in [4.69, 9.17) is 4.74 Å². The highest BCUT2D eigenvalue weighted by Gasteiger charge is 2.32. The maximum atomic E-state index is 14.1. The number of rotatable bonds is 10. The fourth-order valence-electron chi connectivity index (χ4n) is 4.68. The van der Waals surface area contributed by atoms with Gasteiger partial charge in [-0.1, -0.05) is 79.6 Å². The number of halogens is 1. The van der Waals surface area contributed by atoms with Gasteiger partial charge in [-0.3, -0.25) is 9.59 Å². The Bertz CT molecular complexity index is 1160. The Balaban J connectivity index is 1.63. The largest absolute Gasteiger partial charge is 0.481 e. The molecule has 0 heterocycles. The van der Waals surface area contributed by atoms with Gasteiger partial charge in [0.25, 0.3) is 5.91 Å². The van der Waals surface area contributed by atoms with Crippen LogP contribution in [0.5, 0.6) is 5.75 Å². The number of hydrogen-bond donors (Lipinski definition) is 1. The van der Waals surface area contributed by atoms with Crippen molar-refractivity contribution in [1.29, 1.82) is 0 Å². The molecule has 3 aromatic carbocycles. The van der Waals surface area contributed by atoms with Gasteiger partial charge in [-0.05, 0) is 48.6 Å². The first-order valence-corrected chi connectivity index (χ1v) is 12.6. The van der Waals surface area contributed by atoms with Crippen molar-refractivity contribution in [2.75, 3.05) is 6.61 Å². The average Bonchev–Trinajstić information content (AvgIpc) is 3.40. The molecule has 188 valence electrons. The van der Waals surface area contributed by atoms with Crippen LogP contribution in [-0.4, -0.2) is 35.4 Å². The van der Waals surface area contributed by atoms with Crippen molar-refractivity contribution in [1.82, 2.24) is 10.2 Å². The van der Waals surface area contributed by atoms with E-state index in [-0.39, 0.29) is 36.8 Å². The first kappa shape index (κ1) is 25.4. The van der Waals surface area contributed by atoms with Crippen molar-refractivity contribution >= 4 is 11.8 Å². The Morgan fingerprint density at radius 2 is 1.64 bits per heavy atom. The molecule has 0 radical (unpaired) electrons. The Morgan fingerprint density at radius 1 is 0.972 bits per heavy atom. The number of ether oxygens (including phenoxy) is 1. The zero-order valence-electron chi connectivity index (χ0n) is 20.7. The van der Waals surface area contributed by atoms with Gasteiger partial charge in [0.15, 0.2) is 18.2 Å². The summed E-state index contributed by atoms with van der Waals surface area (Å²) in [5, 5.41) is 3.18. The zero-order valence-corrected chi connectivity index (χ0v) is 20.7. The van der Waals surface area contributed by atoms with E-state index in [1.807, 2.05) is 61.5 Å². The van der Waals surface area contributed by atoms with E-state index in [1.54, 1.807) is 17.0 Å². The highest BCUT2D eigenvalue weighted by molar-refractivity contribution is 5.88. The van der Waals surface area contributed by atoms with Gasteiger partial charge in [-0.15, -0.1) is 0 Å². The van der Waals surface area contributed by atoms with Gasteiger partial charge in [0.2, 0.25) is 5.91 Å². The highest BCUT2D eigenvalue weighted by Crippen LogP contribution is 2.21. The summed E-state index contributed by atoms with van der Waals surface area (Å²) in [6, 6.07) is 22.9. The molecule has 5 nitrogen and oxygen atoms in total. The summed E-state index contributed by atoms with van der Waals surface area (Å²) >= 11 is 0. The quantitative estimate of drug-likeness (QED) is 0.426. The number of amides is 2. The Labute approximate surface area is 212 Å². The van der Waals surface area contributed by atoms with Crippen LogP contribution in [0, 0.1) is 12.7 Å². The maximum Gasteiger partial charge on any atom is 0.261 e. The first-order chi connectivity index (χ1) is 17.5. The molecule has 1 N–H and O–H groups in total. The van der Waals surface area contributed by atoms with Crippen molar-refractivity contribution in [2.24, 2.45) is 0 Å². The van der Waals surface area contributed by atoms with Crippen LogP contribution in [0.15, 0.2) is 78.9 Å². The summed E-state index contributed by atoms with van der Waals surface area (Å²) in [5.74, 6) is -1.06. The van der Waals surface area contributed by atoms with Crippen LogP contribution < -0.4 is 10.1 Å². The molecule has 4 rings (SSSR count). The Morgan fingerprint density at radius 3 is 2.36 bits per heavy atom. The predicted octanol–water partition coefficient (Wildman–Crippen LogP) is 5.21. The summed E-state index contributed by atoms with van der Waals surface area (Å²) in [5.41, 5.74) is 2.94. The van der Waals surface area contributed by atoms with Crippen LogP contribution in [0.3, 0.4) is 0 Å². The first-order valence-electron chi connectivity index (χ1n) is 12.6. The number of hydrogen-bond acceptors (Lipinski definition) is 3. The number of carbonyl (C=O) groups excluding carboxylic acids is 2. The molecule has 0 unspecified atom stereocenters. The summed E-state index contributed by atoms with van der Waals surface area (Å²) in [6.07, 6.45) is 4.46. The second-order valence-electron chi connectivity index (χ2n) is 9.36. The molecule has 36 heavy (non-hydrogen) atoms. The van der Waals surface area contributed by atoms with E-state index in [0.717, 1.165) is 42.4 Å². The molecular weight excluding hydrogens is 455 g/mol. The standard InChI is InChI=1S/C30H33FN2O3/c1-22-11-5-6-14-24(22)20-33(29(34)21-36-28-18-10-9-17-26(28)31)27(19-23-12-3-2-4-13-23)30(35)32-25-15-7-8-16-25/h2-6,9-14,17-18,25,27H,7-8,15-16,19-21H2,1H3,(H,32,35)/t27-/m1/s1. The van der Waals surface area contributed by atoms with Gasteiger partial charge in [-0.25, -0.2) is 4.39 Å². The molecule has 1 atom stereocenters. The zero-order chi connectivity index (χ0) is 25.3. The van der Waals surface area contributed by atoms with Crippen molar-refractivity contribution in [3.8, 4) is 5.75 Å². The van der Waals surface area contributed by atoms with E-state index in [0.29, 0.717) is 6.42 Å². The van der Waals surface area contributed by atoms with E-state index >= 15 is 0 Å². The predicted molar refractivity (Wildman–Crippen MR) is 138 cm³/mol. The molecule has 1 saturated carbocycles. The van der Waals surface area contributed by atoms with Crippen LogP contribution in [0.2, 0.25) is 0 Å². The Hall–Kier alpha value is -3.67. The van der Waals surface area contributed by atoms with Crippen LogP contribution in [0.25, 0.3) is 0 Å². The van der Waals surface area contributed by atoms with Crippen molar-refractivity contribution < 1.29 is 18.7 Å². The van der Waals surface area contributed by atoms with Gasteiger partial charge in [0, 0.05) is 19.0 Å². The monoisotopic (exact) mass is 488 g/mol. The SMILES string of the molecule is Cc1ccccc1CN(C(=O)COc1ccccc1F)[C@H](Cc1ccccc1)C(=O)NC1CCCC1. The minimum atomic E-state index is -0.732. The Kier molecular flexibility index (Phi) is 8.71. The number of nitrogens with zero attached hydrogens (tertiary/aromatic N) is 1. The van der Waals surface area contributed by atoms with Crippen LogP contribution in [-0.2, 0) is 22.6 Å². The number of nitrogens with one attached hydrogen (secondary N) is 1. The van der Waals surface area contributed by atoms with E-state index in [9.17, 15) is 14.0 Å². The maximum absolute atomic E-state index is 14.1. The third-order valence-corrected chi connectivity index (χ3v) is 6.76. The summed E-state index contributed by atoms with van der Waals surface area (Å²) in [6.45, 7) is 1.87. The van der Waals surface area contributed by atoms with E-state index in [2.05, 4.69) is 5.32 Å². The van der Waals surface area contributed by atoms with Gasteiger partial charge < -0.3 is 15.0 Å². The molecule has 0 bridgehead atoms. The molecule has 0 saturated heterocycles. The number of aryl methyl sites for hydroxylation is 1. The second kappa shape index (κ2) is 12.3. The molecule has 1 aliphatic carbocycles. The highest BCUT2D eigenvalue weighted by atomic mass is 19.1. The molecule has 0 aromatic heterocycles. The number of benzene rings is 3. The van der Waals surface area contributed by atoms with Crippen LogP contribution in [0.1, 0.15) is 42.4 Å². The van der Waals surface area contributed by atoms with Gasteiger partial charge >= 0.3 is 0 Å². The molecule has 1 fully saturated rings. The van der Waals surface area contributed by atoms with Crippen molar-refractivity contribution in [2.45, 2.75) is 57.7 Å². The molecular formula is C30H33FN2O3. The molecule has 0 spiro atoms. The number of carbonyl (C=O) groups is 2. The van der Waals surface area contributed by atoms with Gasteiger partial charge in [0.05, 0.1) is 0 Å². The smallest absolute Gasteiger partial charge is 0.261 e. The molecule has 6 heteroatoms. The summed E-state index contributed by atoms with van der Waals surface area (Å²) in [7, 11) is 0. The third-order valence-electron chi connectivity index (χ3n) is 6.76. The lowest BCUT2D eigenvalue weighted by atomic mass is 10.0. The fraction of sp³-hybridized carbons (Fsp3) is 0.333. The summed E-state index contributed by atoms with van der Waals surface area (Å²) in [4.78, 5) is 28.8. The normalized spacial score (nSPS) is 14.3. The topological polar surface area (TPSA) is 58.6 Å². The van der Waals surface area contributed by atoms with E-state index in [1.165, 1.54) is 12.1 Å². The lowest BCUT2D eigenvalue weighted by Crippen LogP contribution is -2.53.